The van der Waals surface area contributed by atoms with Crippen molar-refractivity contribution in [2.24, 2.45) is 56.7 Å². The third-order valence-electron chi connectivity index (χ3n) is 14.6. The van der Waals surface area contributed by atoms with Gasteiger partial charge in [0.25, 0.3) is 0 Å². The van der Waals surface area contributed by atoms with Crippen LogP contribution in [-0.4, -0.2) is 23.7 Å². The molecule has 5 radical (unpaired) electrons. The third kappa shape index (κ3) is 3.79. The zero-order valence-corrected chi connectivity index (χ0v) is 25.8. The van der Waals surface area contributed by atoms with Crippen molar-refractivity contribution in [1.29, 1.82) is 0 Å². The largest absolute Gasteiger partial charge is 0.393 e. The van der Waals surface area contributed by atoms with E-state index in [1.165, 1.54) is 18.8 Å². The van der Waals surface area contributed by atoms with Crippen molar-refractivity contribution in [2.45, 2.75) is 112 Å². The highest BCUT2D eigenvalue weighted by Crippen LogP contribution is 2.75. The van der Waals surface area contributed by atoms with Gasteiger partial charge in [-0.25, -0.2) is 0 Å². The Morgan fingerprint density at radius 2 is 1.64 bits per heavy atom. The van der Waals surface area contributed by atoms with Gasteiger partial charge >= 0.3 is 0 Å². The lowest BCUT2D eigenvalue weighted by Gasteiger charge is -2.71. The molecule has 0 heterocycles. The van der Waals surface area contributed by atoms with Gasteiger partial charge in [0.1, 0.15) is 0 Å². The summed E-state index contributed by atoms with van der Waals surface area (Å²) < 4.78 is 0. The number of allylic oxidation sites excluding steroid dienone is 2. The Kier molecular flexibility index (Phi) is 6.77. The second-order valence-electron chi connectivity index (χ2n) is 16.2. The fourth-order valence-corrected chi connectivity index (χ4v) is 11.8. The van der Waals surface area contributed by atoms with Gasteiger partial charge in [0.15, 0.2) is 0 Å². The minimum absolute atomic E-state index is 0.0198. The number of nitrogens with one attached hydrogen (secondary N) is 1. The fourth-order valence-electron chi connectivity index (χ4n) is 11.8. The van der Waals surface area contributed by atoms with Gasteiger partial charge in [-0.2, -0.15) is 0 Å². The molecule has 5 fully saturated rings. The molecule has 0 unspecified atom stereocenters. The number of aliphatic hydroxyl groups excluding tert-OH is 1. The molecule has 3 heteroatoms. The number of rotatable bonds is 3. The SMILES string of the molecule is C[C@H]1[C@H](C)CC[C@]2(C(=O)NC[C]3[CH][CH][CH][CH]3)CC[C@]3(C)C(=CC[C@@H]4[C@@]5(C)CC[C@H](O)C(C)(C)[C@@H]5CC[C@]43C)[C@H]12. The van der Waals surface area contributed by atoms with Crippen LogP contribution in [0, 0.1) is 88.3 Å². The summed E-state index contributed by atoms with van der Waals surface area (Å²) in [6.07, 6.45) is 20.9. The van der Waals surface area contributed by atoms with Crippen molar-refractivity contribution < 1.29 is 9.90 Å². The maximum atomic E-state index is 14.2. The van der Waals surface area contributed by atoms with E-state index in [0.717, 1.165) is 44.9 Å². The minimum Gasteiger partial charge on any atom is -0.393 e. The summed E-state index contributed by atoms with van der Waals surface area (Å²) in [5.41, 5.74) is 1.98. The van der Waals surface area contributed by atoms with Crippen molar-refractivity contribution in [3.8, 4) is 0 Å². The van der Waals surface area contributed by atoms with Gasteiger partial charge in [0, 0.05) is 12.5 Å². The molecule has 0 saturated heterocycles. The van der Waals surface area contributed by atoms with Crippen LogP contribution >= 0.6 is 0 Å². The Hall–Kier alpha value is -0.830. The molecule has 0 aromatic heterocycles. The fraction of sp³-hybridized carbons (Fsp3) is 0.778. The second-order valence-corrected chi connectivity index (χ2v) is 16.2. The van der Waals surface area contributed by atoms with E-state index in [-0.39, 0.29) is 33.2 Å². The van der Waals surface area contributed by atoms with Crippen molar-refractivity contribution in [3.05, 3.63) is 43.3 Å². The van der Waals surface area contributed by atoms with Crippen molar-refractivity contribution >= 4 is 5.91 Å². The van der Waals surface area contributed by atoms with E-state index < -0.39 is 0 Å². The lowest BCUT2D eigenvalue weighted by molar-refractivity contribution is -0.204. The first-order valence-corrected chi connectivity index (χ1v) is 16.2. The van der Waals surface area contributed by atoms with Gasteiger partial charge in [-0.3, -0.25) is 4.79 Å². The van der Waals surface area contributed by atoms with Crippen LogP contribution in [0.5, 0.6) is 0 Å². The Morgan fingerprint density at radius 3 is 2.36 bits per heavy atom. The Labute approximate surface area is 239 Å². The standard InChI is InChI=1S/C36H54NO2/c1-23-14-19-36(31(39)37-22-25-10-8-9-11-25)21-20-34(6)26(30(36)24(23)2)12-13-28-33(5)17-16-29(38)32(3,4)27(33)15-18-35(28,34)7/h8-12,23-24,27-30,38H,13-22H2,1-7H3,(H,37,39)/t23-,24+,27+,28-,29+,30+,33+,34-,35-,36+/m1/s1. The Morgan fingerprint density at radius 1 is 0.923 bits per heavy atom. The molecule has 10 atom stereocenters. The van der Waals surface area contributed by atoms with Gasteiger partial charge in [0.05, 0.1) is 11.5 Å². The van der Waals surface area contributed by atoms with Crippen LogP contribution in [0.1, 0.15) is 106 Å². The molecule has 0 aromatic rings. The van der Waals surface area contributed by atoms with E-state index in [2.05, 4.69) is 85.5 Å². The van der Waals surface area contributed by atoms with Crippen LogP contribution in [0.2, 0.25) is 0 Å². The van der Waals surface area contributed by atoms with Crippen LogP contribution in [0.3, 0.4) is 0 Å². The summed E-state index contributed by atoms with van der Waals surface area (Å²) in [7, 11) is 0. The van der Waals surface area contributed by atoms with E-state index in [1.807, 2.05) is 0 Å². The molecule has 215 valence electrons. The predicted molar refractivity (Wildman–Crippen MR) is 158 cm³/mol. The average Bonchev–Trinajstić information content (AvgIpc) is 3.41. The van der Waals surface area contributed by atoms with Crippen LogP contribution in [-0.2, 0) is 4.79 Å². The summed E-state index contributed by atoms with van der Waals surface area (Å²) in [5.74, 6) is 4.22. The number of amides is 1. The lowest BCUT2D eigenvalue weighted by atomic mass is 9.33. The van der Waals surface area contributed by atoms with E-state index in [4.69, 9.17) is 0 Å². The molecule has 6 aliphatic rings. The third-order valence-corrected chi connectivity index (χ3v) is 14.6. The number of aliphatic hydroxyl groups is 1. The first kappa shape index (κ1) is 28.3. The summed E-state index contributed by atoms with van der Waals surface area (Å²) >= 11 is 0. The Balaban J connectivity index is 1.36. The van der Waals surface area contributed by atoms with E-state index >= 15 is 0 Å². The number of carbonyl (C=O) groups excluding carboxylic acids is 1. The molecule has 0 aliphatic heterocycles. The number of hydrogen-bond donors (Lipinski definition) is 2. The maximum Gasteiger partial charge on any atom is 0.226 e. The van der Waals surface area contributed by atoms with Crippen molar-refractivity contribution in [2.75, 3.05) is 6.54 Å². The first-order valence-electron chi connectivity index (χ1n) is 16.2. The van der Waals surface area contributed by atoms with E-state index in [0.29, 0.717) is 42.0 Å². The smallest absolute Gasteiger partial charge is 0.226 e. The zero-order chi connectivity index (χ0) is 28.0. The van der Waals surface area contributed by atoms with Crippen LogP contribution in [0.15, 0.2) is 11.6 Å². The summed E-state index contributed by atoms with van der Waals surface area (Å²) in [6, 6.07) is 0. The molecule has 1 amide bonds. The monoisotopic (exact) mass is 532 g/mol. The second kappa shape index (κ2) is 9.34. The van der Waals surface area contributed by atoms with Gasteiger partial charge < -0.3 is 10.4 Å². The number of hydrogen-bond acceptors (Lipinski definition) is 2. The molecule has 0 aromatic carbocycles. The molecule has 0 bridgehead atoms. The summed E-state index contributed by atoms with van der Waals surface area (Å²) in [5, 5.41) is 14.4. The highest BCUT2D eigenvalue weighted by molar-refractivity contribution is 5.84. The molecular formula is C36H54NO2. The first-order chi connectivity index (χ1) is 18.3. The average molecular weight is 533 g/mol. The van der Waals surface area contributed by atoms with Gasteiger partial charge in [-0.05, 0) is 135 Å². The topological polar surface area (TPSA) is 49.3 Å². The van der Waals surface area contributed by atoms with Gasteiger partial charge in [0.2, 0.25) is 5.91 Å². The molecule has 39 heavy (non-hydrogen) atoms. The maximum absolute atomic E-state index is 14.2. The molecule has 5 saturated carbocycles. The quantitative estimate of drug-likeness (QED) is 0.369. The van der Waals surface area contributed by atoms with Gasteiger partial charge in [-0.1, -0.05) is 60.1 Å². The molecule has 2 N–H and O–H groups in total. The van der Waals surface area contributed by atoms with Crippen LogP contribution < -0.4 is 5.32 Å². The minimum atomic E-state index is -0.273. The molecule has 3 nitrogen and oxygen atoms in total. The summed E-state index contributed by atoms with van der Waals surface area (Å²) in [6.45, 7) is 18.0. The molecular weight excluding hydrogens is 478 g/mol. The number of fused-ring (bicyclic) bond motifs is 7. The summed E-state index contributed by atoms with van der Waals surface area (Å²) in [4.78, 5) is 14.2. The number of carbonyl (C=O) groups is 1. The van der Waals surface area contributed by atoms with Crippen molar-refractivity contribution in [1.82, 2.24) is 5.32 Å². The van der Waals surface area contributed by atoms with E-state index in [9.17, 15) is 9.90 Å². The van der Waals surface area contributed by atoms with Gasteiger partial charge in [-0.15, -0.1) is 0 Å². The molecule has 6 aliphatic carbocycles. The highest BCUT2D eigenvalue weighted by Gasteiger charge is 2.69. The van der Waals surface area contributed by atoms with Crippen LogP contribution in [0.25, 0.3) is 0 Å². The highest BCUT2D eigenvalue weighted by atomic mass is 16.3. The molecule has 6 rings (SSSR count). The Bertz CT molecular complexity index is 1010. The molecule has 0 spiro atoms. The van der Waals surface area contributed by atoms with Crippen molar-refractivity contribution in [3.63, 3.8) is 0 Å². The van der Waals surface area contributed by atoms with E-state index in [1.54, 1.807) is 5.57 Å². The normalized spacial score (nSPS) is 51.1. The van der Waals surface area contributed by atoms with Crippen LogP contribution in [0.4, 0.5) is 0 Å². The zero-order valence-electron chi connectivity index (χ0n) is 25.8. The lowest BCUT2D eigenvalue weighted by Crippen LogP contribution is -2.66. The predicted octanol–water partition coefficient (Wildman–Crippen LogP) is 7.53.